The number of carbonyl (C=O) groups is 1. The minimum atomic E-state index is -0.257. The van der Waals surface area contributed by atoms with Gasteiger partial charge in [-0.05, 0) is 35.3 Å². The molecule has 1 aliphatic heterocycles. The number of hydrogen-bond donors (Lipinski definition) is 2. The lowest BCUT2D eigenvalue weighted by atomic mass is 9.78. The summed E-state index contributed by atoms with van der Waals surface area (Å²) < 4.78 is 0. The van der Waals surface area contributed by atoms with E-state index in [4.69, 9.17) is 5.41 Å². The molecule has 0 aromatic heterocycles. The molecule has 1 fully saturated rings. The van der Waals surface area contributed by atoms with Crippen molar-refractivity contribution in [2.45, 2.75) is 78.6 Å². The molecule has 2 rings (SSSR count). The average Bonchev–Trinajstić information content (AvgIpc) is 2.85. The van der Waals surface area contributed by atoms with Crippen LogP contribution in [0.1, 0.15) is 89.2 Å². The van der Waals surface area contributed by atoms with Crippen LogP contribution < -0.4 is 0 Å². The zero-order chi connectivity index (χ0) is 20.6. The third-order valence-electron chi connectivity index (χ3n) is 5.42. The van der Waals surface area contributed by atoms with Crippen molar-refractivity contribution in [3.8, 4) is 5.75 Å². The number of Topliss-reactive ketones (excluding diaryl/α,β-unsaturated/α-hetero) is 1. The Hall–Kier alpha value is -1.36. The molecule has 28 heavy (non-hydrogen) atoms. The Morgan fingerprint density at radius 1 is 1.14 bits per heavy atom. The number of aromatic hydroxyl groups is 1. The van der Waals surface area contributed by atoms with Gasteiger partial charge in [-0.3, -0.25) is 10.2 Å². The fourth-order valence-electron chi connectivity index (χ4n) is 3.85. The van der Waals surface area contributed by atoms with Crippen LogP contribution in [0.4, 0.5) is 0 Å². The molecule has 4 nitrogen and oxygen atoms in total. The smallest absolute Gasteiger partial charge is 0.182 e. The lowest BCUT2D eigenvalue weighted by Crippen LogP contribution is -2.31. The zero-order valence-electron chi connectivity index (χ0n) is 18.5. The quantitative estimate of drug-likeness (QED) is 0.550. The van der Waals surface area contributed by atoms with Crippen molar-refractivity contribution in [3.05, 3.63) is 28.8 Å². The highest BCUT2D eigenvalue weighted by Crippen LogP contribution is 2.40. The summed E-state index contributed by atoms with van der Waals surface area (Å²) in [5, 5.41) is 19.1. The van der Waals surface area contributed by atoms with Crippen molar-refractivity contribution >= 4 is 28.6 Å². The molecule has 5 heteroatoms. The first-order valence-electron chi connectivity index (χ1n) is 10.1. The van der Waals surface area contributed by atoms with E-state index >= 15 is 0 Å². The fraction of sp³-hybridized carbons (Fsp3) is 0.652. The molecule has 1 atom stereocenters. The first-order valence-corrected chi connectivity index (χ1v) is 10.1. The second-order valence-electron chi connectivity index (χ2n) is 10.0. The Balaban J connectivity index is 0.00000392. The minimum Gasteiger partial charge on any atom is -0.507 e. The molecule has 0 saturated carbocycles. The first-order chi connectivity index (χ1) is 12.3. The number of likely N-dealkylation sites (tertiary alicyclic amines) is 1. The molecule has 0 spiro atoms. The summed E-state index contributed by atoms with van der Waals surface area (Å²) in [5.41, 5.74) is 1.73. The Bertz CT molecular complexity index is 694. The summed E-state index contributed by atoms with van der Waals surface area (Å²) >= 11 is 0. The molecule has 0 radical (unpaired) electrons. The lowest BCUT2D eigenvalue weighted by Gasteiger charge is -2.28. The second kappa shape index (κ2) is 8.98. The van der Waals surface area contributed by atoms with Gasteiger partial charge in [-0.25, -0.2) is 0 Å². The number of hydrogen-bond acceptors (Lipinski definition) is 3. The molecule has 0 amide bonds. The summed E-state index contributed by atoms with van der Waals surface area (Å²) in [6.07, 6.45) is 2.99. The van der Waals surface area contributed by atoms with Crippen LogP contribution in [-0.2, 0) is 10.8 Å². The molecule has 1 aromatic rings. The predicted molar refractivity (Wildman–Crippen MR) is 122 cm³/mol. The standard InChI is InChI=1S/C23H36N2O2.BrH/c1-8-9-15-10-20(24)25(13-15)14-19(26)16-11-17(22(2,3)4)21(27)18(12-16)23(5,6)7;/h11-12,15,24,27H,8-10,13-14H2,1-7H3;1H. The van der Waals surface area contributed by atoms with Gasteiger partial charge < -0.3 is 10.0 Å². The number of nitrogens with one attached hydrogen (secondary N) is 1. The molecule has 1 unspecified atom stereocenters. The van der Waals surface area contributed by atoms with Gasteiger partial charge in [0.1, 0.15) is 5.75 Å². The van der Waals surface area contributed by atoms with Crippen molar-refractivity contribution in [1.82, 2.24) is 4.90 Å². The highest BCUT2D eigenvalue weighted by atomic mass is 79.9. The highest BCUT2D eigenvalue weighted by Gasteiger charge is 2.30. The van der Waals surface area contributed by atoms with E-state index < -0.39 is 0 Å². The fourth-order valence-corrected chi connectivity index (χ4v) is 3.85. The van der Waals surface area contributed by atoms with Gasteiger partial charge in [0.05, 0.1) is 12.4 Å². The largest absolute Gasteiger partial charge is 0.507 e. The summed E-state index contributed by atoms with van der Waals surface area (Å²) in [6, 6.07) is 3.69. The maximum Gasteiger partial charge on any atom is 0.182 e. The molecule has 0 bridgehead atoms. The second-order valence-corrected chi connectivity index (χ2v) is 10.0. The number of phenolic OH excluding ortho intramolecular Hbond substituents is 1. The topological polar surface area (TPSA) is 64.4 Å². The van der Waals surface area contributed by atoms with E-state index in [1.54, 1.807) is 0 Å². The van der Waals surface area contributed by atoms with Crippen molar-refractivity contribution in [2.75, 3.05) is 13.1 Å². The van der Waals surface area contributed by atoms with Crippen LogP contribution in [0.5, 0.6) is 5.75 Å². The summed E-state index contributed by atoms with van der Waals surface area (Å²) in [5.74, 6) is 1.38. The van der Waals surface area contributed by atoms with E-state index in [2.05, 4.69) is 6.92 Å². The summed E-state index contributed by atoms with van der Waals surface area (Å²) in [6.45, 7) is 15.5. The van der Waals surface area contributed by atoms with Gasteiger partial charge in [-0.15, -0.1) is 17.0 Å². The van der Waals surface area contributed by atoms with E-state index in [0.717, 1.165) is 36.9 Å². The Morgan fingerprint density at radius 3 is 2.07 bits per heavy atom. The van der Waals surface area contributed by atoms with Crippen LogP contribution in [0.25, 0.3) is 0 Å². The molecule has 1 saturated heterocycles. The molecular formula is C23H37BrN2O2. The Morgan fingerprint density at radius 2 is 1.64 bits per heavy atom. The van der Waals surface area contributed by atoms with Gasteiger partial charge >= 0.3 is 0 Å². The number of carbonyl (C=O) groups excluding carboxylic acids is 1. The van der Waals surface area contributed by atoms with E-state index in [1.807, 2.05) is 58.6 Å². The molecule has 1 heterocycles. The average molecular weight is 453 g/mol. The van der Waals surface area contributed by atoms with Crippen molar-refractivity contribution in [3.63, 3.8) is 0 Å². The van der Waals surface area contributed by atoms with Crippen molar-refractivity contribution < 1.29 is 9.90 Å². The van der Waals surface area contributed by atoms with Gasteiger partial charge in [0.2, 0.25) is 0 Å². The van der Waals surface area contributed by atoms with Crippen LogP contribution in [0.15, 0.2) is 12.1 Å². The van der Waals surface area contributed by atoms with E-state index in [1.165, 1.54) is 0 Å². The molecule has 2 N–H and O–H groups in total. The van der Waals surface area contributed by atoms with Gasteiger partial charge in [-0.2, -0.15) is 0 Å². The lowest BCUT2D eigenvalue weighted by molar-refractivity contribution is 0.0963. The van der Waals surface area contributed by atoms with Gasteiger partial charge in [0, 0.05) is 29.7 Å². The van der Waals surface area contributed by atoms with Gasteiger partial charge in [-0.1, -0.05) is 54.9 Å². The molecule has 1 aliphatic rings. The third-order valence-corrected chi connectivity index (χ3v) is 5.42. The minimum absolute atomic E-state index is 0. The first kappa shape index (κ1) is 24.7. The monoisotopic (exact) mass is 452 g/mol. The van der Waals surface area contributed by atoms with Crippen molar-refractivity contribution in [1.29, 1.82) is 5.41 Å². The van der Waals surface area contributed by atoms with Crippen LogP contribution in [0.3, 0.4) is 0 Å². The maximum absolute atomic E-state index is 13.1. The van der Waals surface area contributed by atoms with E-state index in [-0.39, 0.29) is 40.1 Å². The number of rotatable bonds is 5. The summed E-state index contributed by atoms with van der Waals surface area (Å²) in [4.78, 5) is 15.0. The normalized spacial score (nSPS) is 17.6. The molecular weight excluding hydrogens is 416 g/mol. The number of nitrogens with zero attached hydrogens (tertiary/aromatic N) is 1. The van der Waals surface area contributed by atoms with Crippen LogP contribution >= 0.6 is 17.0 Å². The molecule has 0 aliphatic carbocycles. The number of benzene rings is 1. The highest BCUT2D eigenvalue weighted by molar-refractivity contribution is 8.93. The SMILES string of the molecule is Br.CCCC1CC(=N)N(CC(=O)c2cc(C(C)(C)C)c(O)c(C(C)(C)C)c2)C1. The number of phenols is 1. The van der Waals surface area contributed by atoms with Crippen LogP contribution in [-0.4, -0.2) is 34.7 Å². The van der Waals surface area contributed by atoms with Crippen LogP contribution in [0.2, 0.25) is 0 Å². The van der Waals surface area contributed by atoms with Gasteiger partial charge in [0.15, 0.2) is 5.78 Å². The number of halogens is 1. The molecule has 1 aromatic carbocycles. The third kappa shape index (κ3) is 5.59. The Kier molecular flexibility index (Phi) is 7.91. The predicted octanol–water partition coefficient (Wildman–Crippen LogP) is 5.85. The number of ketones is 1. The van der Waals surface area contributed by atoms with E-state index in [9.17, 15) is 9.90 Å². The number of amidine groups is 1. The Labute approximate surface area is 181 Å². The van der Waals surface area contributed by atoms with Gasteiger partial charge in [0.25, 0.3) is 0 Å². The van der Waals surface area contributed by atoms with E-state index in [0.29, 0.717) is 23.1 Å². The summed E-state index contributed by atoms with van der Waals surface area (Å²) in [7, 11) is 0. The van der Waals surface area contributed by atoms with Crippen LogP contribution in [0, 0.1) is 11.3 Å². The maximum atomic E-state index is 13.1. The zero-order valence-corrected chi connectivity index (χ0v) is 20.2. The molecule has 158 valence electrons. The van der Waals surface area contributed by atoms with Crippen molar-refractivity contribution in [2.24, 2.45) is 5.92 Å².